The molecule has 0 unspecified atom stereocenters. The molecule has 0 spiro atoms. The highest BCUT2D eigenvalue weighted by Crippen LogP contribution is 2.29. The number of methoxy groups -OCH3 is 1. The molecular weight excluding hydrogens is 374 g/mol. The average Bonchev–Trinajstić information content (AvgIpc) is 3.01. The number of hydrogen-bond donors (Lipinski definition) is 1. The summed E-state index contributed by atoms with van der Waals surface area (Å²) < 4.78 is 11.3. The summed E-state index contributed by atoms with van der Waals surface area (Å²) in [5, 5.41) is 2.88. The van der Waals surface area contributed by atoms with Crippen molar-refractivity contribution < 1.29 is 19.1 Å². The minimum Gasteiger partial charge on any atom is -0.488 e. The highest BCUT2D eigenvalue weighted by molar-refractivity contribution is 9.10. The van der Waals surface area contributed by atoms with Gasteiger partial charge in [0.05, 0.1) is 24.8 Å². The predicted octanol–water partition coefficient (Wildman–Crippen LogP) is 2.97. The third kappa shape index (κ3) is 3.43. The summed E-state index contributed by atoms with van der Waals surface area (Å²) in [5.41, 5.74) is 2.02. The Morgan fingerprint density at radius 3 is 2.83 bits per heavy atom. The van der Waals surface area contributed by atoms with E-state index in [1.54, 1.807) is 24.3 Å². The van der Waals surface area contributed by atoms with Crippen molar-refractivity contribution in [2.24, 2.45) is 0 Å². The third-order valence-corrected chi connectivity index (χ3v) is 4.52. The van der Waals surface area contributed by atoms with Gasteiger partial charge in [-0.15, -0.1) is 0 Å². The van der Waals surface area contributed by atoms with Crippen LogP contribution in [0.15, 0.2) is 46.9 Å². The number of carbonyl (C=O) groups excluding carboxylic acids is 2. The summed E-state index contributed by atoms with van der Waals surface area (Å²) in [6.45, 7) is 0.391. The smallest absolute Gasteiger partial charge is 0.337 e. The standard InChI is InChI=1S/C18H16BrNO4/c1-23-18(22)11-6-7-16-12(8-11)9-13(24-16)10-20-17(21)14-4-2-3-5-15(14)19/h2-8,13H,9-10H2,1H3,(H,20,21)/t13-/m0/s1. The molecule has 0 aliphatic carbocycles. The van der Waals surface area contributed by atoms with E-state index in [0.29, 0.717) is 24.1 Å². The Balaban J connectivity index is 1.61. The van der Waals surface area contributed by atoms with E-state index in [2.05, 4.69) is 21.2 Å². The monoisotopic (exact) mass is 389 g/mol. The Labute approximate surface area is 148 Å². The Morgan fingerprint density at radius 1 is 1.29 bits per heavy atom. The van der Waals surface area contributed by atoms with Gasteiger partial charge in [0.1, 0.15) is 11.9 Å². The second-order valence-corrected chi connectivity index (χ2v) is 6.30. The lowest BCUT2D eigenvalue weighted by atomic mass is 10.1. The van der Waals surface area contributed by atoms with Crippen LogP contribution in [0.2, 0.25) is 0 Å². The number of hydrogen-bond acceptors (Lipinski definition) is 4. The quantitative estimate of drug-likeness (QED) is 0.816. The Morgan fingerprint density at radius 2 is 2.08 bits per heavy atom. The molecule has 0 radical (unpaired) electrons. The van der Waals surface area contributed by atoms with E-state index in [1.807, 2.05) is 18.2 Å². The van der Waals surface area contributed by atoms with Crippen LogP contribution in [0, 0.1) is 0 Å². The van der Waals surface area contributed by atoms with Gasteiger partial charge in [0.15, 0.2) is 0 Å². The van der Waals surface area contributed by atoms with Gasteiger partial charge in [0.25, 0.3) is 5.91 Å². The van der Waals surface area contributed by atoms with Crippen molar-refractivity contribution in [2.45, 2.75) is 12.5 Å². The van der Waals surface area contributed by atoms with Crippen molar-refractivity contribution in [3.63, 3.8) is 0 Å². The van der Waals surface area contributed by atoms with Gasteiger partial charge in [0, 0.05) is 10.9 Å². The van der Waals surface area contributed by atoms with Crippen molar-refractivity contribution in [3.8, 4) is 5.75 Å². The van der Waals surface area contributed by atoms with Crippen LogP contribution < -0.4 is 10.1 Å². The molecule has 2 aromatic rings. The van der Waals surface area contributed by atoms with Crippen molar-refractivity contribution in [2.75, 3.05) is 13.7 Å². The summed E-state index contributed by atoms with van der Waals surface area (Å²) in [6, 6.07) is 12.5. The van der Waals surface area contributed by atoms with Gasteiger partial charge in [-0.3, -0.25) is 4.79 Å². The lowest BCUT2D eigenvalue weighted by Gasteiger charge is -2.12. The number of nitrogens with one attached hydrogen (secondary N) is 1. The summed E-state index contributed by atoms with van der Waals surface area (Å²) in [7, 11) is 1.35. The zero-order chi connectivity index (χ0) is 17.1. The fourth-order valence-corrected chi connectivity index (χ4v) is 3.09. The molecule has 1 heterocycles. The van der Waals surface area contributed by atoms with Gasteiger partial charge < -0.3 is 14.8 Å². The fraction of sp³-hybridized carbons (Fsp3) is 0.222. The zero-order valence-electron chi connectivity index (χ0n) is 13.0. The summed E-state index contributed by atoms with van der Waals surface area (Å²) in [6.07, 6.45) is 0.482. The maximum atomic E-state index is 12.2. The molecule has 3 rings (SSSR count). The van der Waals surface area contributed by atoms with Gasteiger partial charge in [-0.25, -0.2) is 4.79 Å². The predicted molar refractivity (Wildman–Crippen MR) is 92.4 cm³/mol. The third-order valence-electron chi connectivity index (χ3n) is 3.83. The Bertz CT molecular complexity index is 790. The van der Waals surface area contributed by atoms with E-state index >= 15 is 0 Å². The van der Waals surface area contributed by atoms with E-state index in [1.165, 1.54) is 7.11 Å². The average molecular weight is 390 g/mol. The SMILES string of the molecule is COC(=O)c1ccc2c(c1)C[C@@H](CNC(=O)c1ccccc1Br)O2. The molecule has 5 nitrogen and oxygen atoms in total. The number of ether oxygens (including phenoxy) is 2. The number of halogens is 1. The molecule has 2 aromatic carbocycles. The second-order valence-electron chi connectivity index (χ2n) is 5.45. The zero-order valence-corrected chi connectivity index (χ0v) is 14.6. The Kier molecular flexibility index (Phi) is 4.85. The summed E-state index contributed by atoms with van der Waals surface area (Å²) >= 11 is 3.37. The number of benzene rings is 2. The number of amides is 1. The lowest BCUT2D eigenvalue weighted by molar-refractivity contribution is 0.0600. The number of rotatable bonds is 4. The van der Waals surface area contributed by atoms with Crippen LogP contribution in [0.4, 0.5) is 0 Å². The van der Waals surface area contributed by atoms with Gasteiger partial charge in [-0.05, 0) is 51.8 Å². The largest absolute Gasteiger partial charge is 0.488 e. The van der Waals surface area contributed by atoms with Gasteiger partial charge in [-0.2, -0.15) is 0 Å². The molecule has 6 heteroatoms. The van der Waals surface area contributed by atoms with Gasteiger partial charge >= 0.3 is 5.97 Å². The minimum atomic E-state index is -0.372. The molecule has 1 N–H and O–H groups in total. The van der Waals surface area contributed by atoms with Crippen molar-refractivity contribution >= 4 is 27.8 Å². The van der Waals surface area contributed by atoms with Crippen molar-refractivity contribution in [1.82, 2.24) is 5.32 Å². The number of fused-ring (bicyclic) bond motifs is 1. The number of esters is 1. The van der Waals surface area contributed by atoms with Crippen LogP contribution in [-0.4, -0.2) is 31.6 Å². The second kappa shape index (κ2) is 7.05. The van der Waals surface area contributed by atoms with Gasteiger partial charge in [0.2, 0.25) is 0 Å². The molecule has 1 aliphatic rings. The van der Waals surface area contributed by atoms with E-state index in [0.717, 1.165) is 15.8 Å². The van der Waals surface area contributed by atoms with Crippen LogP contribution in [0.5, 0.6) is 5.75 Å². The highest BCUT2D eigenvalue weighted by atomic mass is 79.9. The molecule has 124 valence electrons. The molecule has 0 bridgehead atoms. The Hall–Kier alpha value is -2.34. The van der Waals surface area contributed by atoms with E-state index < -0.39 is 0 Å². The molecular formula is C18H16BrNO4. The van der Waals surface area contributed by atoms with Crippen LogP contribution in [0.3, 0.4) is 0 Å². The van der Waals surface area contributed by atoms with Crippen molar-refractivity contribution in [3.05, 3.63) is 63.6 Å². The number of carbonyl (C=O) groups is 2. The molecule has 0 saturated carbocycles. The van der Waals surface area contributed by atoms with Crippen molar-refractivity contribution in [1.29, 1.82) is 0 Å². The molecule has 1 aliphatic heterocycles. The first-order chi connectivity index (χ1) is 11.6. The maximum absolute atomic E-state index is 12.2. The van der Waals surface area contributed by atoms with E-state index in [9.17, 15) is 9.59 Å². The van der Waals surface area contributed by atoms with E-state index in [-0.39, 0.29) is 18.0 Å². The van der Waals surface area contributed by atoms with Crippen LogP contribution in [-0.2, 0) is 11.2 Å². The summed E-state index contributed by atoms with van der Waals surface area (Å²) in [4.78, 5) is 23.8. The summed E-state index contributed by atoms with van der Waals surface area (Å²) in [5.74, 6) is 0.212. The highest BCUT2D eigenvalue weighted by Gasteiger charge is 2.25. The maximum Gasteiger partial charge on any atom is 0.337 e. The van der Waals surface area contributed by atoms with Crippen LogP contribution in [0.25, 0.3) is 0 Å². The molecule has 0 fully saturated rings. The first-order valence-electron chi connectivity index (χ1n) is 7.49. The van der Waals surface area contributed by atoms with E-state index in [4.69, 9.17) is 9.47 Å². The molecule has 1 amide bonds. The lowest BCUT2D eigenvalue weighted by Crippen LogP contribution is -2.34. The fourth-order valence-electron chi connectivity index (χ4n) is 2.63. The normalized spacial score (nSPS) is 15.3. The first kappa shape index (κ1) is 16.5. The minimum absolute atomic E-state index is 0.153. The van der Waals surface area contributed by atoms with Crippen LogP contribution >= 0.6 is 15.9 Å². The molecule has 0 saturated heterocycles. The molecule has 0 aromatic heterocycles. The molecule has 1 atom stereocenters. The first-order valence-corrected chi connectivity index (χ1v) is 8.28. The van der Waals surface area contributed by atoms with Crippen LogP contribution in [0.1, 0.15) is 26.3 Å². The molecule has 24 heavy (non-hydrogen) atoms. The topological polar surface area (TPSA) is 64.6 Å². The van der Waals surface area contributed by atoms with Gasteiger partial charge in [-0.1, -0.05) is 12.1 Å².